The van der Waals surface area contributed by atoms with Crippen LogP contribution >= 0.6 is 11.6 Å². The predicted octanol–water partition coefficient (Wildman–Crippen LogP) is 3.33. The number of rotatable bonds is 6. The maximum absolute atomic E-state index is 12.5. The highest BCUT2D eigenvalue weighted by Crippen LogP contribution is 2.27. The molecular weight excluding hydrogens is 390 g/mol. The molecule has 29 heavy (non-hydrogen) atoms. The standard InChI is InChI=1S/C21H28ClN5O2/c1-14(2)21-23-15(3)11-19(25-21)27-9-7-26(8-10-27)13-20(28)24-17-12-16(22)5-6-18(17)29-4/h5-6,11-12,14H,7-10,13H2,1-4H3,(H,24,28). The maximum Gasteiger partial charge on any atom is 0.238 e. The molecule has 8 heteroatoms. The Morgan fingerprint density at radius 2 is 1.93 bits per heavy atom. The highest BCUT2D eigenvalue weighted by molar-refractivity contribution is 6.31. The van der Waals surface area contributed by atoms with Gasteiger partial charge in [-0.3, -0.25) is 9.69 Å². The molecule has 0 spiro atoms. The number of nitrogens with one attached hydrogen (secondary N) is 1. The van der Waals surface area contributed by atoms with Crippen molar-refractivity contribution in [3.05, 3.63) is 40.8 Å². The monoisotopic (exact) mass is 417 g/mol. The molecule has 7 nitrogen and oxygen atoms in total. The normalized spacial score (nSPS) is 14.9. The summed E-state index contributed by atoms with van der Waals surface area (Å²) in [4.78, 5) is 26.1. The van der Waals surface area contributed by atoms with E-state index in [1.165, 1.54) is 0 Å². The quantitative estimate of drug-likeness (QED) is 0.777. The van der Waals surface area contributed by atoms with E-state index in [1.54, 1.807) is 25.3 Å². The third-order valence-electron chi connectivity index (χ3n) is 4.87. The summed E-state index contributed by atoms with van der Waals surface area (Å²) >= 11 is 6.03. The lowest BCUT2D eigenvalue weighted by Gasteiger charge is -2.35. The van der Waals surface area contributed by atoms with Crippen molar-refractivity contribution in [2.75, 3.05) is 50.1 Å². The minimum atomic E-state index is -0.0843. The van der Waals surface area contributed by atoms with Crippen molar-refractivity contribution in [3.63, 3.8) is 0 Å². The molecule has 0 aliphatic carbocycles. The van der Waals surface area contributed by atoms with Gasteiger partial charge in [0, 0.05) is 48.9 Å². The van der Waals surface area contributed by atoms with Gasteiger partial charge in [-0.15, -0.1) is 0 Å². The fraction of sp³-hybridized carbons (Fsp3) is 0.476. The molecule has 0 unspecified atom stereocenters. The second kappa shape index (κ2) is 9.41. The molecule has 0 saturated carbocycles. The number of carbonyl (C=O) groups is 1. The number of piperazine rings is 1. The summed E-state index contributed by atoms with van der Waals surface area (Å²) in [6.07, 6.45) is 0. The Morgan fingerprint density at radius 1 is 1.21 bits per heavy atom. The zero-order valence-corrected chi connectivity index (χ0v) is 18.2. The van der Waals surface area contributed by atoms with Crippen LogP contribution in [-0.4, -0.2) is 60.6 Å². The summed E-state index contributed by atoms with van der Waals surface area (Å²) in [6.45, 7) is 9.75. The number of benzene rings is 1. The van der Waals surface area contributed by atoms with Crippen molar-refractivity contribution in [2.24, 2.45) is 0 Å². The Morgan fingerprint density at radius 3 is 2.59 bits per heavy atom. The molecule has 1 saturated heterocycles. The van der Waals surface area contributed by atoms with Crippen molar-refractivity contribution in [3.8, 4) is 5.75 Å². The highest BCUT2D eigenvalue weighted by Gasteiger charge is 2.21. The Balaban J connectivity index is 1.56. The number of hydrogen-bond acceptors (Lipinski definition) is 6. The lowest BCUT2D eigenvalue weighted by atomic mass is 10.2. The molecule has 1 aromatic heterocycles. The van der Waals surface area contributed by atoms with Crippen LogP contribution in [0.2, 0.25) is 5.02 Å². The summed E-state index contributed by atoms with van der Waals surface area (Å²) < 4.78 is 5.28. The number of aryl methyl sites for hydroxylation is 1. The first-order valence-corrected chi connectivity index (χ1v) is 10.2. The van der Waals surface area contributed by atoms with Crippen LogP contribution in [0.15, 0.2) is 24.3 Å². The Bertz CT molecular complexity index is 866. The molecule has 1 fully saturated rings. The first kappa shape index (κ1) is 21.3. The Kier molecular flexibility index (Phi) is 6.92. The van der Waals surface area contributed by atoms with Gasteiger partial charge in [0.25, 0.3) is 0 Å². The fourth-order valence-electron chi connectivity index (χ4n) is 3.30. The summed E-state index contributed by atoms with van der Waals surface area (Å²) in [7, 11) is 1.57. The topological polar surface area (TPSA) is 70.6 Å². The van der Waals surface area contributed by atoms with Crippen LogP contribution in [0.1, 0.15) is 31.3 Å². The number of aromatic nitrogens is 2. The predicted molar refractivity (Wildman–Crippen MR) is 116 cm³/mol. The highest BCUT2D eigenvalue weighted by atomic mass is 35.5. The molecule has 1 aromatic carbocycles. The molecular formula is C21H28ClN5O2. The summed E-state index contributed by atoms with van der Waals surface area (Å²) in [5.41, 5.74) is 1.57. The van der Waals surface area contributed by atoms with E-state index in [2.05, 4.69) is 33.9 Å². The number of methoxy groups -OCH3 is 1. The Hall–Kier alpha value is -2.38. The Labute approximate surface area is 177 Å². The van der Waals surface area contributed by atoms with E-state index in [0.29, 0.717) is 28.9 Å². The molecule has 1 N–H and O–H groups in total. The van der Waals surface area contributed by atoms with Gasteiger partial charge in [-0.2, -0.15) is 0 Å². The van der Waals surface area contributed by atoms with Gasteiger partial charge in [-0.05, 0) is 25.1 Å². The number of amides is 1. The SMILES string of the molecule is COc1ccc(Cl)cc1NC(=O)CN1CCN(c2cc(C)nc(C(C)C)n2)CC1. The first-order valence-electron chi connectivity index (χ1n) is 9.82. The third kappa shape index (κ3) is 5.58. The van der Waals surface area contributed by atoms with Gasteiger partial charge in [0.1, 0.15) is 17.4 Å². The second-order valence-corrected chi connectivity index (χ2v) is 7.97. The minimum absolute atomic E-state index is 0.0843. The van der Waals surface area contributed by atoms with Crippen molar-refractivity contribution in [1.29, 1.82) is 0 Å². The molecule has 3 rings (SSSR count). The van der Waals surface area contributed by atoms with Gasteiger partial charge in [-0.1, -0.05) is 25.4 Å². The van der Waals surface area contributed by atoms with Crippen LogP contribution in [-0.2, 0) is 4.79 Å². The number of carbonyl (C=O) groups excluding carboxylic acids is 1. The van der Waals surface area contributed by atoms with Gasteiger partial charge in [-0.25, -0.2) is 9.97 Å². The van der Waals surface area contributed by atoms with Crippen LogP contribution in [0.5, 0.6) is 5.75 Å². The van der Waals surface area contributed by atoms with Crippen LogP contribution in [0.25, 0.3) is 0 Å². The minimum Gasteiger partial charge on any atom is -0.495 e. The van der Waals surface area contributed by atoms with E-state index < -0.39 is 0 Å². The second-order valence-electron chi connectivity index (χ2n) is 7.54. The van der Waals surface area contributed by atoms with E-state index in [1.807, 2.05) is 13.0 Å². The van der Waals surface area contributed by atoms with E-state index in [-0.39, 0.29) is 5.91 Å². The van der Waals surface area contributed by atoms with E-state index >= 15 is 0 Å². The van der Waals surface area contributed by atoms with Gasteiger partial charge in [0.15, 0.2) is 0 Å². The lowest BCUT2D eigenvalue weighted by Crippen LogP contribution is -2.49. The molecule has 156 valence electrons. The maximum atomic E-state index is 12.5. The smallest absolute Gasteiger partial charge is 0.238 e. The number of ether oxygens (including phenoxy) is 1. The largest absolute Gasteiger partial charge is 0.495 e. The van der Waals surface area contributed by atoms with Crippen LogP contribution in [0.4, 0.5) is 11.5 Å². The molecule has 2 aromatic rings. The fourth-order valence-corrected chi connectivity index (χ4v) is 3.47. The molecule has 2 heterocycles. The van der Waals surface area contributed by atoms with Crippen LogP contribution in [0, 0.1) is 6.92 Å². The average Bonchev–Trinajstić information content (AvgIpc) is 2.68. The van der Waals surface area contributed by atoms with Gasteiger partial charge >= 0.3 is 0 Å². The lowest BCUT2D eigenvalue weighted by molar-refractivity contribution is -0.117. The molecule has 1 aliphatic heterocycles. The average molecular weight is 418 g/mol. The van der Waals surface area contributed by atoms with Crippen molar-refractivity contribution >= 4 is 29.0 Å². The molecule has 0 bridgehead atoms. The van der Waals surface area contributed by atoms with Crippen LogP contribution in [0.3, 0.4) is 0 Å². The van der Waals surface area contributed by atoms with E-state index in [4.69, 9.17) is 21.3 Å². The number of anilines is 2. The van der Waals surface area contributed by atoms with Crippen molar-refractivity contribution in [1.82, 2.24) is 14.9 Å². The molecule has 1 aliphatic rings. The summed E-state index contributed by atoms with van der Waals surface area (Å²) in [6, 6.07) is 7.19. The number of halogens is 1. The zero-order chi connectivity index (χ0) is 21.0. The van der Waals surface area contributed by atoms with Gasteiger partial charge in [0.2, 0.25) is 5.91 Å². The van der Waals surface area contributed by atoms with E-state index in [9.17, 15) is 4.79 Å². The first-order chi connectivity index (χ1) is 13.9. The molecule has 0 radical (unpaired) electrons. The third-order valence-corrected chi connectivity index (χ3v) is 5.11. The van der Waals surface area contributed by atoms with Crippen LogP contribution < -0.4 is 15.0 Å². The number of hydrogen-bond donors (Lipinski definition) is 1. The van der Waals surface area contributed by atoms with Crippen molar-refractivity contribution < 1.29 is 9.53 Å². The zero-order valence-electron chi connectivity index (χ0n) is 17.4. The summed E-state index contributed by atoms with van der Waals surface area (Å²) in [5.74, 6) is 2.64. The van der Waals surface area contributed by atoms with Gasteiger partial charge < -0.3 is 15.0 Å². The van der Waals surface area contributed by atoms with Gasteiger partial charge in [0.05, 0.1) is 19.3 Å². The molecule has 0 atom stereocenters. The molecule has 1 amide bonds. The summed E-state index contributed by atoms with van der Waals surface area (Å²) in [5, 5.41) is 3.45. The van der Waals surface area contributed by atoms with E-state index in [0.717, 1.165) is 43.5 Å². The number of nitrogens with zero attached hydrogens (tertiary/aromatic N) is 4. The van der Waals surface area contributed by atoms with Crippen molar-refractivity contribution in [2.45, 2.75) is 26.7 Å².